The van der Waals surface area contributed by atoms with Crippen LogP contribution >= 0.6 is 11.3 Å². The van der Waals surface area contributed by atoms with Crippen LogP contribution in [0.1, 0.15) is 0 Å². The van der Waals surface area contributed by atoms with Gasteiger partial charge in [-0.2, -0.15) is 0 Å². The number of nitrogens with zero attached hydrogens (tertiary/aromatic N) is 2. The highest BCUT2D eigenvalue weighted by atomic mass is 32.1. The van der Waals surface area contributed by atoms with Gasteiger partial charge < -0.3 is 9.47 Å². The molecule has 0 aliphatic rings. The molecule has 0 spiro atoms. The van der Waals surface area contributed by atoms with Crippen molar-refractivity contribution in [2.75, 3.05) is 4.90 Å². The summed E-state index contributed by atoms with van der Waals surface area (Å²) in [6.07, 6.45) is 0. The number of para-hydroxylation sites is 2. The lowest BCUT2D eigenvalue weighted by Crippen LogP contribution is -2.10. The molecule has 9 aromatic carbocycles. The van der Waals surface area contributed by atoms with Crippen molar-refractivity contribution in [1.82, 2.24) is 4.57 Å². The normalized spacial score (nSPS) is 11.9. The van der Waals surface area contributed by atoms with Crippen molar-refractivity contribution in [3.63, 3.8) is 0 Å². The molecule has 2 aromatic heterocycles. The van der Waals surface area contributed by atoms with E-state index in [2.05, 4.69) is 191 Å². The largest absolute Gasteiger partial charge is 0.310 e. The summed E-state index contributed by atoms with van der Waals surface area (Å²) in [5.74, 6) is 0. The summed E-state index contributed by atoms with van der Waals surface area (Å²) in [6.45, 7) is 0. The Morgan fingerprint density at radius 1 is 0.373 bits per heavy atom. The number of benzene rings is 9. The van der Waals surface area contributed by atoms with Gasteiger partial charge in [0.2, 0.25) is 0 Å². The zero-order valence-corrected chi connectivity index (χ0v) is 28.4. The quantitative estimate of drug-likeness (QED) is 0.170. The lowest BCUT2D eigenvalue weighted by molar-refractivity contribution is 1.18. The van der Waals surface area contributed by atoms with E-state index >= 15 is 0 Å². The molecule has 0 bridgehead atoms. The molecule has 3 heteroatoms. The second-order valence-corrected chi connectivity index (χ2v) is 14.4. The molecule has 238 valence electrons. The van der Waals surface area contributed by atoms with Gasteiger partial charge in [-0.1, -0.05) is 121 Å². The number of aromatic nitrogens is 1. The molecule has 0 aliphatic carbocycles. The minimum absolute atomic E-state index is 1.13. The van der Waals surface area contributed by atoms with Gasteiger partial charge in [0.1, 0.15) is 0 Å². The van der Waals surface area contributed by atoms with Crippen LogP contribution in [-0.2, 0) is 0 Å². The Morgan fingerprint density at radius 2 is 1.00 bits per heavy atom. The van der Waals surface area contributed by atoms with Crippen molar-refractivity contribution in [2.45, 2.75) is 0 Å². The summed E-state index contributed by atoms with van der Waals surface area (Å²) in [7, 11) is 0. The fourth-order valence-corrected chi connectivity index (χ4v) is 9.42. The van der Waals surface area contributed by atoms with E-state index in [-0.39, 0.29) is 0 Å². The Labute approximate surface area is 298 Å². The van der Waals surface area contributed by atoms with E-state index in [4.69, 9.17) is 0 Å². The molecule has 11 rings (SSSR count). The molecule has 51 heavy (non-hydrogen) atoms. The molecule has 0 N–H and O–H groups in total. The number of fused-ring (bicyclic) bond motifs is 11. The van der Waals surface area contributed by atoms with E-state index in [1.54, 1.807) is 0 Å². The standard InChI is InChI=1S/C48H30N2S/c1-2-12-34(13-3-1)50-42-17-8-6-16-41(42)48-43(18-10-19-44(48)50)49(36-26-28-40-39-15-7-9-20-45(39)51-46(40)30-36)35-25-27-38-33(29-35)24-23-32-22-21-31-11-4-5-14-37(31)47(32)38/h1-30H. The second-order valence-electron chi connectivity index (χ2n) is 13.3. The highest BCUT2D eigenvalue weighted by molar-refractivity contribution is 7.25. The lowest BCUT2D eigenvalue weighted by atomic mass is 9.96. The van der Waals surface area contributed by atoms with Gasteiger partial charge in [0.15, 0.2) is 0 Å². The Morgan fingerprint density at radius 3 is 1.88 bits per heavy atom. The minimum Gasteiger partial charge on any atom is -0.310 e. The molecule has 0 saturated heterocycles. The maximum atomic E-state index is 2.47. The highest BCUT2D eigenvalue weighted by Gasteiger charge is 2.22. The molecule has 0 atom stereocenters. The monoisotopic (exact) mass is 666 g/mol. The van der Waals surface area contributed by atoms with Gasteiger partial charge in [-0.05, 0) is 93.0 Å². The summed E-state index contributed by atoms with van der Waals surface area (Å²) in [4.78, 5) is 2.47. The third-order valence-electron chi connectivity index (χ3n) is 10.5. The number of rotatable bonds is 4. The molecule has 0 fully saturated rings. The lowest BCUT2D eigenvalue weighted by Gasteiger charge is -2.27. The van der Waals surface area contributed by atoms with Crippen LogP contribution in [0.3, 0.4) is 0 Å². The predicted octanol–water partition coefficient (Wildman–Crippen LogP) is 14.1. The van der Waals surface area contributed by atoms with Gasteiger partial charge >= 0.3 is 0 Å². The van der Waals surface area contributed by atoms with Crippen molar-refractivity contribution in [3.8, 4) is 5.69 Å². The molecule has 2 heterocycles. The van der Waals surface area contributed by atoms with Crippen LogP contribution in [0.15, 0.2) is 182 Å². The third-order valence-corrected chi connectivity index (χ3v) is 11.7. The van der Waals surface area contributed by atoms with Crippen LogP contribution in [0.4, 0.5) is 17.1 Å². The summed E-state index contributed by atoms with van der Waals surface area (Å²) in [5.41, 5.74) is 6.97. The van der Waals surface area contributed by atoms with E-state index < -0.39 is 0 Å². The average Bonchev–Trinajstić information content (AvgIpc) is 3.74. The SMILES string of the molecule is c1ccc(-n2c3ccccc3c3c(N(c4ccc5c(ccc6ccc7ccccc7c65)c4)c4ccc5c(c4)sc4ccccc45)cccc32)cc1. The fourth-order valence-electron chi connectivity index (χ4n) is 8.29. The number of thiophene rings is 1. The smallest absolute Gasteiger partial charge is 0.0562 e. The van der Waals surface area contributed by atoms with E-state index in [9.17, 15) is 0 Å². The number of anilines is 3. The molecular formula is C48H30N2S. The third kappa shape index (κ3) is 4.29. The molecular weight excluding hydrogens is 637 g/mol. The summed E-state index contributed by atoms with van der Waals surface area (Å²) in [5, 5.41) is 12.7. The minimum atomic E-state index is 1.13. The van der Waals surface area contributed by atoms with Crippen molar-refractivity contribution < 1.29 is 0 Å². The Hall–Kier alpha value is -6.42. The first-order valence-corrected chi connectivity index (χ1v) is 18.3. The number of hydrogen-bond donors (Lipinski definition) is 0. The van der Waals surface area contributed by atoms with E-state index in [0.717, 1.165) is 22.7 Å². The van der Waals surface area contributed by atoms with Crippen LogP contribution in [-0.4, -0.2) is 4.57 Å². The molecule has 0 unspecified atom stereocenters. The zero-order chi connectivity index (χ0) is 33.5. The maximum Gasteiger partial charge on any atom is 0.0562 e. The van der Waals surface area contributed by atoms with Crippen LogP contribution in [0.5, 0.6) is 0 Å². The van der Waals surface area contributed by atoms with Gasteiger partial charge in [-0.15, -0.1) is 11.3 Å². The van der Waals surface area contributed by atoms with Gasteiger partial charge in [0.25, 0.3) is 0 Å². The summed E-state index contributed by atoms with van der Waals surface area (Å²) in [6, 6.07) is 66.8. The van der Waals surface area contributed by atoms with Crippen LogP contribution in [0.25, 0.3) is 80.0 Å². The van der Waals surface area contributed by atoms with Gasteiger partial charge in [-0.25, -0.2) is 0 Å². The molecule has 0 radical (unpaired) electrons. The Kier molecular flexibility index (Phi) is 6.16. The molecule has 0 saturated carbocycles. The molecule has 11 aromatic rings. The van der Waals surface area contributed by atoms with Crippen molar-refractivity contribution in [2.24, 2.45) is 0 Å². The van der Waals surface area contributed by atoms with Crippen LogP contribution < -0.4 is 4.90 Å². The predicted molar refractivity (Wildman–Crippen MR) is 221 cm³/mol. The average molecular weight is 667 g/mol. The topological polar surface area (TPSA) is 8.17 Å². The van der Waals surface area contributed by atoms with Crippen molar-refractivity contribution in [3.05, 3.63) is 182 Å². The molecule has 2 nitrogen and oxygen atoms in total. The van der Waals surface area contributed by atoms with Gasteiger partial charge in [-0.3, -0.25) is 0 Å². The van der Waals surface area contributed by atoms with Crippen molar-refractivity contribution in [1.29, 1.82) is 0 Å². The Bertz CT molecular complexity index is 3150. The summed E-state index contributed by atoms with van der Waals surface area (Å²) < 4.78 is 5.00. The van der Waals surface area contributed by atoms with Crippen LogP contribution in [0.2, 0.25) is 0 Å². The maximum absolute atomic E-state index is 2.47. The van der Waals surface area contributed by atoms with Gasteiger partial charge in [0, 0.05) is 48.0 Å². The first-order chi connectivity index (χ1) is 25.3. The first kappa shape index (κ1) is 28.4. The van der Waals surface area contributed by atoms with Gasteiger partial charge in [0.05, 0.1) is 16.7 Å². The zero-order valence-electron chi connectivity index (χ0n) is 27.6. The first-order valence-electron chi connectivity index (χ1n) is 17.4. The van der Waals surface area contributed by atoms with E-state index in [1.165, 1.54) is 74.3 Å². The van der Waals surface area contributed by atoms with Crippen molar-refractivity contribution >= 4 is 103 Å². The van der Waals surface area contributed by atoms with E-state index in [1.807, 2.05) is 11.3 Å². The second kappa shape index (κ2) is 11.0. The van der Waals surface area contributed by atoms with E-state index in [0.29, 0.717) is 0 Å². The number of hydrogen-bond acceptors (Lipinski definition) is 2. The summed E-state index contributed by atoms with van der Waals surface area (Å²) >= 11 is 1.87. The Balaban J connectivity index is 1.21. The molecule has 0 aliphatic heterocycles. The molecule has 0 amide bonds. The fraction of sp³-hybridized carbons (Fsp3) is 0. The van der Waals surface area contributed by atoms with Crippen LogP contribution in [0, 0.1) is 0 Å². The highest BCUT2D eigenvalue weighted by Crippen LogP contribution is 2.46.